The molecule has 7 nitrogen and oxygen atoms in total. The fourth-order valence-electron chi connectivity index (χ4n) is 2.29. The largest absolute Gasteiger partial charge is 0.320 e. The van der Waals surface area contributed by atoms with Gasteiger partial charge in [0.25, 0.3) is 5.91 Å². The molecule has 0 saturated heterocycles. The number of hydrogen-bond donors (Lipinski definition) is 1. The third kappa shape index (κ3) is 2.61. The summed E-state index contributed by atoms with van der Waals surface area (Å²) in [7, 11) is 0. The second-order valence-electron chi connectivity index (χ2n) is 5.52. The van der Waals surface area contributed by atoms with Gasteiger partial charge in [-0.15, -0.1) is 15.3 Å². The summed E-state index contributed by atoms with van der Waals surface area (Å²) in [5, 5.41) is 15.6. The average Bonchev–Trinajstić information content (AvgIpc) is 3.15. The number of anilines is 1. The lowest BCUT2D eigenvalue weighted by Crippen LogP contribution is -2.12. The van der Waals surface area contributed by atoms with E-state index in [2.05, 4.69) is 20.6 Å². The second kappa shape index (κ2) is 5.24. The predicted octanol–water partition coefficient (Wildman–Crippen LogP) is 2.52. The van der Waals surface area contributed by atoms with E-state index in [4.69, 9.17) is 0 Å². The number of aromatic nitrogens is 4. The van der Waals surface area contributed by atoms with Crippen LogP contribution in [0.4, 0.5) is 5.69 Å². The maximum Gasteiger partial charge on any atom is 0.286 e. The number of rotatable bonds is 4. The van der Waals surface area contributed by atoms with Gasteiger partial charge in [0, 0.05) is 17.2 Å². The normalized spacial score (nSPS) is 14.1. The zero-order valence-electron chi connectivity index (χ0n) is 12.3. The van der Waals surface area contributed by atoms with Crippen LogP contribution in [-0.2, 0) is 0 Å². The molecule has 0 atom stereocenters. The molecule has 0 unspecified atom stereocenters. The van der Waals surface area contributed by atoms with Gasteiger partial charge in [0.05, 0.1) is 0 Å². The summed E-state index contributed by atoms with van der Waals surface area (Å²) in [5.41, 5.74) is 1.23. The molecule has 116 valence electrons. The van der Waals surface area contributed by atoms with Gasteiger partial charge in [0.15, 0.2) is 11.6 Å². The number of ketones is 1. The Morgan fingerprint density at radius 2 is 1.96 bits per heavy atom. The molecular formula is C15H13N5O2S. The smallest absolute Gasteiger partial charge is 0.286 e. The first-order valence-corrected chi connectivity index (χ1v) is 8.08. The summed E-state index contributed by atoms with van der Waals surface area (Å²) in [5.74, 6) is 0.949. The number of amides is 1. The number of Topliss-reactive ketones (excluding diaryl/α,β-unsaturated/α-hetero) is 1. The van der Waals surface area contributed by atoms with Gasteiger partial charge in [0.1, 0.15) is 0 Å². The zero-order valence-corrected chi connectivity index (χ0v) is 13.1. The molecule has 0 bridgehead atoms. The van der Waals surface area contributed by atoms with Gasteiger partial charge >= 0.3 is 0 Å². The Labute approximate surface area is 135 Å². The molecule has 1 aliphatic rings. The highest BCUT2D eigenvalue weighted by molar-refractivity contribution is 7.18. The van der Waals surface area contributed by atoms with E-state index in [-0.39, 0.29) is 11.7 Å². The van der Waals surface area contributed by atoms with Crippen molar-refractivity contribution < 1.29 is 9.59 Å². The highest BCUT2D eigenvalue weighted by Crippen LogP contribution is 2.39. The van der Waals surface area contributed by atoms with Gasteiger partial charge in [0.2, 0.25) is 9.97 Å². The molecule has 1 aromatic carbocycles. The van der Waals surface area contributed by atoms with E-state index in [9.17, 15) is 9.59 Å². The predicted molar refractivity (Wildman–Crippen MR) is 85.0 cm³/mol. The van der Waals surface area contributed by atoms with E-state index in [1.54, 1.807) is 28.8 Å². The SMILES string of the molecule is CC(=O)c1ccc(NC(=O)c2nn3c(C4CC4)nnc3s2)cc1. The number of carbonyl (C=O) groups excluding carboxylic acids is 2. The molecule has 1 N–H and O–H groups in total. The summed E-state index contributed by atoms with van der Waals surface area (Å²) in [6, 6.07) is 6.76. The molecular weight excluding hydrogens is 314 g/mol. The van der Waals surface area contributed by atoms with Gasteiger partial charge in [-0.25, -0.2) is 0 Å². The Bertz CT molecular complexity index is 908. The van der Waals surface area contributed by atoms with Crippen LogP contribution in [-0.4, -0.2) is 31.5 Å². The molecule has 2 aromatic heterocycles. The van der Waals surface area contributed by atoms with Crippen LogP contribution in [0, 0.1) is 0 Å². The molecule has 0 radical (unpaired) electrons. The minimum atomic E-state index is -0.294. The minimum Gasteiger partial charge on any atom is -0.320 e. The lowest BCUT2D eigenvalue weighted by molar-refractivity contribution is 0.101. The number of nitrogens with one attached hydrogen (secondary N) is 1. The van der Waals surface area contributed by atoms with E-state index >= 15 is 0 Å². The molecule has 0 aliphatic heterocycles. The number of benzene rings is 1. The number of fused-ring (bicyclic) bond motifs is 1. The average molecular weight is 327 g/mol. The van der Waals surface area contributed by atoms with Crippen LogP contribution < -0.4 is 5.32 Å². The third-order valence-electron chi connectivity index (χ3n) is 3.70. The van der Waals surface area contributed by atoms with Crippen molar-refractivity contribution >= 4 is 33.7 Å². The number of carbonyl (C=O) groups is 2. The van der Waals surface area contributed by atoms with Gasteiger partial charge in [-0.1, -0.05) is 11.3 Å². The van der Waals surface area contributed by atoms with Crippen molar-refractivity contribution in [3.05, 3.63) is 40.7 Å². The molecule has 1 saturated carbocycles. The molecule has 1 fully saturated rings. The standard InChI is InChI=1S/C15H13N5O2S/c1-8(21)9-4-6-11(7-5-9)16-13(22)14-19-20-12(10-2-3-10)17-18-15(20)23-14/h4-7,10H,2-3H2,1H3,(H,16,22). The van der Waals surface area contributed by atoms with E-state index in [0.29, 0.717) is 27.1 Å². The van der Waals surface area contributed by atoms with Gasteiger partial charge in [-0.05, 0) is 44.0 Å². The lowest BCUT2D eigenvalue weighted by atomic mass is 10.1. The van der Waals surface area contributed by atoms with Crippen LogP contribution in [0.15, 0.2) is 24.3 Å². The molecule has 23 heavy (non-hydrogen) atoms. The van der Waals surface area contributed by atoms with Crippen LogP contribution in [0.1, 0.15) is 51.7 Å². The fraction of sp³-hybridized carbons (Fsp3) is 0.267. The zero-order chi connectivity index (χ0) is 16.0. The summed E-state index contributed by atoms with van der Waals surface area (Å²) in [6.45, 7) is 1.50. The first-order chi connectivity index (χ1) is 11.1. The summed E-state index contributed by atoms with van der Waals surface area (Å²) in [4.78, 5) is 24.2. The highest BCUT2D eigenvalue weighted by Gasteiger charge is 2.30. The second-order valence-corrected chi connectivity index (χ2v) is 6.48. The monoisotopic (exact) mass is 327 g/mol. The Hall–Kier alpha value is -2.61. The Morgan fingerprint density at radius 3 is 2.61 bits per heavy atom. The minimum absolute atomic E-state index is 0.0101. The maximum absolute atomic E-state index is 12.3. The van der Waals surface area contributed by atoms with Crippen molar-refractivity contribution in [3.63, 3.8) is 0 Å². The number of hydrogen-bond acceptors (Lipinski definition) is 6. The van der Waals surface area contributed by atoms with Crippen LogP contribution in [0.2, 0.25) is 0 Å². The van der Waals surface area contributed by atoms with Crippen molar-refractivity contribution in [2.75, 3.05) is 5.32 Å². The third-order valence-corrected chi connectivity index (χ3v) is 4.60. The maximum atomic E-state index is 12.3. The van der Waals surface area contributed by atoms with E-state index in [1.165, 1.54) is 18.3 Å². The van der Waals surface area contributed by atoms with Crippen LogP contribution >= 0.6 is 11.3 Å². The van der Waals surface area contributed by atoms with Crippen molar-refractivity contribution in [2.45, 2.75) is 25.7 Å². The topological polar surface area (TPSA) is 89.2 Å². The first kappa shape index (κ1) is 14.0. The fourth-order valence-corrected chi connectivity index (χ4v) is 3.03. The molecule has 0 spiro atoms. The van der Waals surface area contributed by atoms with Gasteiger partial charge < -0.3 is 5.32 Å². The summed E-state index contributed by atoms with van der Waals surface area (Å²) in [6.07, 6.45) is 2.20. The molecule has 1 amide bonds. The van der Waals surface area contributed by atoms with E-state index in [0.717, 1.165) is 18.7 Å². The Balaban J connectivity index is 1.55. The molecule has 8 heteroatoms. The van der Waals surface area contributed by atoms with Crippen molar-refractivity contribution in [1.82, 2.24) is 19.8 Å². The summed E-state index contributed by atoms with van der Waals surface area (Å²) < 4.78 is 1.66. The van der Waals surface area contributed by atoms with Crippen molar-refractivity contribution in [1.29, 1.82) is 0 Å². The molecule has 2 heterocycles. The lowest BCUT2D eigenvalue weighted by Gasteiger charge is -2.03. The molecule has 3 aromatic rings. The van der Waals surface area contributed by atoms with Gasteiger partial charge in [-0.2, -0.15) is 4.52 Å². The van der Waals surface area contributed by atoms with Crippen molar-refractivity contribution in [3.8, 4) is 0 Å². The Kier molecular flexibility index (Phi) is 3.19. The van der Waals surface area contributed by atoms with Crippen molar-refractivity contribution in [2.24, 2.45) is 0 Å². The molecule has 4 rings (SSSR count). The first-order valence-electron chi connectivity index (χ1n) is 7.26. The quantitative estimate of drug-likeness (QED) is 0.744. The molecule has 1 aliphatic carbocycles. The van der Waals surface area contributed by atoms with E-state index in [1.807, 2.05) is 0 Å². The van der Waals surface area contributed by atoms with Crippen LogP contribution in [0.3, 0.4) is 0 Å². The van der Waals surface area contributed by atoms with Crippen LogP contribution in [0.5, 0.6) is 0 Å². The highest BCUT2D eigenvalue weighted by atomic mass is 32.1. The summed E-state index contributed by atoms with van der Waals surface area (Å²) >= 11 is 1.21. The number of nitrogens with zero attached hydrogens (tertiary/aromatic N) is 4. The van der Waals surface area contributed by atoms with Gasteiger partial charge in [-0.3, -0.25) is 9.59 Å². The van der Waals surface area contributed by atoms with Crippen LogP contribution in [0.25, 0.3) is 4.96 Å². The van der Waals surface area contributed by atoms with E-state index < -0.39 is 0 Å². The Morgan fingerprint density at radius 1 is 1.22 bits per heavy atom.